The Hall–Kier alpha value is -2.20. The zero-order valence-electron chi connectivity index (χ0n) is 12.3. The molecule has 0 bridgehead atoms. The summed E-state index contributed by atoms with van der Waals surface area (Å²) in [4.78, 5) is 0. The van der Waals surface area contributed by atoms with E-state index in [1.54, 1.807) is 0 Å². The van der Waals surface area contributed by atoms with Crippen molar-refractivity contribution < 1.29 is 4.42 Å². The first kappa shape index (κ1) is 13.8. The van der Waals surface area contributed by atoms with Crippen LogP contribution in [0.2, 0.25) is 0 Å². The maximum absolute atomic E-state index is 5.67. The Morgan fingerprint density at radius 1 is 1.00 bits per heavy atom. The second-order valence-corrected chi connectivity index (χ2v) is 5.48. The normalized spacial score (nSPS) is 11.4. The largest absolute Gasteiger partial charge is 0.424 e. The lowest BCUT2D eigenvalue weighted by Crippen LogP contribution is -2.21. The number of rotatable bonds is 5. The van der Waals surface area contributed by atoms with E-state index in [1.165, 1.54) is 16.3 Å². The molecule has 1 N–H and O–H groups in total. The summed E-state index contributed by atoms with van der Waals surface area (Å²) in [5.74, 6) is 1.30. The van der Waals surface area contributed by atoms with E-state index in [0.717, 1.165) is 0 Å². The Kier molecular flexibility index (Phi) is 3.97. The van der Waals surface area contributed by atoms with E-state index >= 15 is 0 Å². The van der Waals surface area contributed by atoms with Crippen molar-refractivity contribution in [2.45, 2.75) is 32.9 Å². The van der Waals surface area contributed by atoms with Gasteiger partial charge in [0.1, 0.15) is 0 Å². The van der Waals surface area contributed by atoms with Gasteiger partial charge in [-0.1, -0.05) is 56.3 Å². The minimum Gasteiger partial charge on any atom is -0.424 e. The summed E-state index contributed by atoms with van der Waals surface area (Å²) in [6.07, 6.45) is 0.666. The van der Waals surface area contributed by atoms with Crippen molar-refractivity contribution >= 4 is 10.8 Å². The highest BCUT2D eigenvalue weighted by Gasteiger charge is 2.07. The first-order chi connectivity index (χ1) is 10.2. The van der Waals surface area contributed by atoms with E-state index in [4.69, 9.17) is 4.42 Å². The first-order valence-corrected chi connectivity index (χ1v) is 7.23. The van der Waals surface area contributed by atoms with Gasteiger partial charge in [-0.3, -0.25) is 0 Å². The Bertz CT molecular complexity index is 733. The molecule has 0 radical (unpaired) electrons. The van der Waals surface area contributed by atoms with Gasteiger partial charge in [0.2, 0.25) is 11.8 Å². The highest BCUT2D eigenvalue weighted by molar-refractivity contribution is 5.83. The summed E-state index contributed by atoms with van der Waals surface area (Å²) in [5.41, 5.74) is 1.18. The Balaban J connectivity index is 1.72. The van der Waals surface area contributed by atoms with Crippen molar-refractivity contribution in [3.05, 3.63) is 59.8 Å². The van der Waals surface area contributed by atoms with Gasteiger partial charge in [-0.15, -0.1) is 10.2 Å². The Morgan fingerprint density at radius 2 is 1.76 bits per heavy atom. The van der Waals surface area contributed by atoms with Crippen LogP contribution in [0.3, 0.4) is 0 Å². The second kappa shape index (κ2) is 6.06. The molecule has 0 aliphatic heterocycles. The smallest absolute Gasteiger partial charge is 0.230 e. The van der Waals surface area contributed by atoms with Crippen molar-refractivity contribution in [2.24, 2.45) is 0 Å². The molecule has 4 nitrogen and oxygen atoms in total. The van der Waals surface area contributed by atoms with Crippen LogP contribution in [0.1, 0.15) is 31.2 Å². The molecule has 0 amide bonds. The van der Waals surface area contributed by atoms with Gasteiger partial charge in [0, 0.05) is 6.04 Å². The summed E-state index contributed by atoms with van der Waals surface area (Å²) in [6.45, 7) is 4.79. The van der Waals surface area contributed by atoms with Crippen LogP contribution in [0.5, 0.6) is 0 Å². The SMILES string of the molecule is CC(C)NCc1nnc(Cc2ccc3ccccc3c2)o1. The van der Waals surface area contributed by atoms with Crippen molar-refractivity contribution in [1.82, 2.24) is 15.5 Å². The lowest BCUT2D eigenvalue weighted by molar-refractivity contribution is 0.427. The molecule has 0 aliphatic rings. The summed E-state index contributed by atoms with van der Waals surface area (Å²) in [7, 11) is 0. The number of hydrogen-bond donors (Lipinski definition) is 1. The fourth-order valence-corrected chi connectivity index (χ4v) is 2.25. The number of aromatic nitrogens is 2. The standard InChI is InChI=1S/C17H19N3O/c1-12(2)18-11-17-20-19-16(21-17)10-13-7-8-14-5-3-4-6-15(14)9-13/h3-9,12,18H,10-11H2,1-2H3. The van der Waals surface area contributed by atoms with Gasteiger partial charge in [0.25, 0.3) is 0 Å². The molecule has 0 fully saturated rings. The third-order valence-corrected chi connectivity index (χ3v) is 3.34. The number of benzene rings is 2. The lowest BCUT2D eigenvalue weighted by Gasteiger charge is -2.03. The van der Waals surface area contributed by atoms with Gasteiger partial charge in [0.05, 0.1) is 13.0 Å². The second-order valence-electron chi connectivity index (χ2n) is 5.48. The predicted molar refractivity (Wildman–Crippen MR) is 83.0 cm³/mol. The van der Waals surface area contributed by atoms with Crippen molar-refractivity contribution in [3.8, 4) is 0 Å². The number of nitrogens with one attached hydrogen (secondary N) is 1. The van der Waals surface area contributed by atoms with Crippen LogP contribution >= 0.6 is 0 Å². The van der Waals surface area contributed by atoms with E-state index in [9.17, 15) is 0 Å². The van der Waals surface area contributed by atoms with Crippen LogP contribution < -0.4 is 5.32 Å². The van der Waals surface area contributed by atoms with Gasteiger partial charge in [0.15, 0.2) is 0 Å². The molecule has 3 rings (SSSR count). The maximum atomic E-state index is 5.67. The summed E-state index contributed by atoms with van der Waals surface area (Å²) >= 11 is 0. The molecule has 4 heteroatoms. The molecule has 2 aromatic carbocycles. The Morgan fingerprint density at radius 3 is 2.57 bits per heavy atom. The highest BCUT2D eigenvalue weighted by Crippen LogP contribution is 2.17. The van der Waals surface area contributed by atoms with Gasteiger partial charge in [-0.25, -0.2) is 0 Å². The van der Waals surface area contributed by atoms with Crippen LogP contribution in [0.4, 0.5) is 0 Å². The minimum absolute atomic E-state index is 0.404. The Labute approximate surface area is 124 Å². The average molecular weight is 281 g/mol. The lowest BCUT2D eigenvalue weighted by atomic mass is 10.1. The van der Waals surface area contributed by atoms with E-state index in [-0.39, 0.29) is 0 Å². The zero-order valence-corrected chi connectivity index (χ0v) is 12.3. The predicted octanol–water partition coefficient (Wildman–Crippen LogP) is 3.31. The average Bonchev–Trinajstić information content (AvgIpc) is 2.92. The van der Waals surface area contributed by atoms with Gasteiger partial charge in [-0.2, -0.15) is 0 Å². The molecule has 108 valence electrons. The molecule has 0 saturated heterocycles. The number of hydrogen-bond acceptors (Lipinski definition) is 4. The first-order valence-electron chi connectivity index (χ1n) is 7.23. The van der Waals surface area contributed by atoms with Crippen LogP contribution in [0.25, 0.3) is 10.8 Å². The number of nitrogens with zero attached hydrogens (tertiary/aromatic N) is 2. The molecule has 0 saturated carbocycles. The molecule has 3 aromatic rings. The number of fused-ring (bicyclic) bond motifs is 1. The van der Waals surface area contributed by atoms with E-state index < -0.39 is 0 Å². The zero-order chi connectivity index (χ0) is 14.7. The fourth-order valence-electron chi connectivity index (χ4n) is 2.25. The van der Waals surface area contributed by atoms with Crippen molar-refractivity contribution in [2.75, 3.05) is 0 Å². The van der Waals surface area contributed by atoms with Gasteiger partial charge >= 0.3 is 0 Å². The topological polar surface area (TPSA) is 51.0 Å². The molecule has 0 spiro atoms. The molecule has 1 heterocycles. The molecule has 0 atom stereocenters. The quantitative estimate of drug-likeness (QED) is 0.779. The summed E-state index contributed by atoms with van der Waals surface area (Å²) in [6, 6.07) is 15.1. The molecule has 21 heavy (non-hydrogen) atoms. The fraction of sp³-hybridized carbons (Fsp3) is 0.294. The van der Waals surface area contributed by atoms with E-state index in [1.807, 2.05) is 6.07 Å². The van der Waals surface area contributed by atoms with Crippen molar-refractivity contribution in [1.29, 1.82) is 0 Å². The van der Waals surface area contributed by atoms with Crippen LogP contribution in [0, 0.1) is 0 Å². The molecule has 0 unspecified atom stereocenters. The minimum atomic E-state index is 0.404. The molecular weight excluding hydrogens is 262 g/mol. The van der Waals surface area contributed by atoms with Crippen LogP contribution in [-0.4, -0.2) is 16.2 Å². The van der Waals surface area contributed by atoms with Crippen molar-refractivity contribution in [3.63, 3.8) is 0 Å². The molecule has 0 aliphatic carbocycles. The summed E-state index contributed by atoms with van der Waals surface area (Å²) in [5, 5.41) is 13.9. The molecular formula is C17H19N3O. The molecule has 1 aromatic heterocycles. The maximum Gasteiger partial charge on any atom is 0.230 e. The highest BCUT2D eigenvalue weighted by atomic mass is 16.4. The van der Waals surface area contributed by atoms with E-state index in [2.05, 4.69) is 65.8 Å². The van der Waals surface area contributed by atoms with Gasteiger partial charge < -0.3 is 9.73 Å². The van der Waals surface area contributed by atoms with Crippen LogP contribution in [-0.2, 0) is 13.0 Å². The monoisotopic (exact) mass is 281 g/mol. The van der Waals surface area contributed by atoms with Gasteiger partial charge in [-0.05, 0) is 16.3 Å². The third-order valence-electron chi connectivity index (χ3n) is 3.34. The third kappa shape index (κ3) is 3.47. The van der Waals surface area contributed by atoms with E-state index in [0.29, 0.717) is 30.8 Å². The van der Waals surface area contributed by atoms with Crippen LogP contribution in [0.15, 0.2) is 46.9 Å². The summed E-state index contributed by atoms with van der Waals surface area (Å²) < 4.78 is 5.67.